The van der Waals surface area contributed by atoms with Gasteiger partial charge in [-0.2, -0.15) is 0 Å². The summed E-state index contributed by atoms with van der Waals surface area (Å²) in [5.74, 6) is -0.345. The summed E-state index contributed by atoms with van der Waals surface area (Å²) in [5, 5.41) is 0. The number of benzene rings is 2. The fourth-order valence-electron chi connectivity index (χ4n) is 4.67. The third-order valence-corrected chi connectivity index (χ3v) is 6.52. The Hall–Kier alpha value is -3.58. The molecule has 7 heteroatoms. The van der Waals surface area contributed by atoms with E-state index in [2.05, 4.69) is 9.88 Å². The lowest BCUT2D eigenvalue weighted by atomic mass is 10.1. The average Bonchev–Trinajstić information content (AvgIpc) is 2.87. The first kappa shape index (κ1) is 25.5. The predicted molar refractivity (Wildman–Crippen MR) is 139 cm³/mol. The van der Waals surface area contributed by atoms with E-state index in [4.69, 9.17) is 0 Å². The number of nitrogens with zero attached hydrogens (tertiary/aromatic N) is 4. The van der Waals surface area contributed by atoms with Crippen molar-refractivity contribution in [1.82, 2.24) is 14.8 Å². The van der Waals surface area contributed by atoms with E-state index in [0.29, 0.717) is 19.6 Å². The van der Waals surface area contributed by atoms with Crippen molar-refractivity contribution in [3.8, 4) is 0 Å². The molecule has 0 spiro atoms. The van der Waals surface area contributed by atoms with Crippen LogP contribution in [0.4, 0.5) is 10.1 Å². The Bertz CT molecular complexity index is 1150. The third kappa shape index (κ3) is 6.98. The predicted octanol–water partition coefficient (Wildman–Crippen LogP) is 4.44. The second kappa shape index (κ2) is 12.4. The Morgan fingerprint density at radius 2 is 1.61 bits per heavy atom. The maximum atomic E-state index is 13.4. The summed E-state index contributed by atoms with van der Waals surface area (Å²) in [5.41, 5.74) is 3.58. The summed E-state index contributed by atoms with van der Waals surface area (Å²) < 4.78 is 13.4. The normalized spacial score (nSPS) is 15.5. The highest BCUT2D eigenvalue weighted by Crippen LogP contribution is 2.24. The number of fused-ring (bicyclic) bond motifs is 1. The van der Waals surface area contributed by atoms with Crippen LogP contribution >= 0.6 is 0 Å². The molecule has 0 fully saturated rings. The van der Waals surface area contributed by atoms with E-state index in [0.717, 1.165) is 55.0 Å². The number of hydrogen-bond acceptors (Lipinski definition) is 4. The standard InChI is InChI=1S/C29H33FN4O2/c1-23(35)34-19-7-17-32(22-27-9-4-5-15-31-27)16-6-18-33(21-25-8-2-3-10-28(25)34)29(36)20-24-11-13-26(30)14-12-24/h2-5,8-15H,6-7,16-22H2,1H3. The van der Waals surface area contributed by atoms with Gasteiger partial charge in [-0.3, -0.25) is 19.5 Å². The van der Waals surface area contributed by atoms with Gasteiger partial charge in [0.2, 0.25) is 11.8 Å². The van der Waals surface area contributed by atoms with Gasteiger partial charge >= 0.3 is 0 Å². The van der Waals surface area contributed by atoms with E-state index in [1.54, 1.807) is 25.3 Å². The molecule has 188 valence electrons. The number of rotatable bonds is 4. The van der Waals surface area contributed by atoms with Crippen molar-refractivity contribution < 1.29 is 14.0 Å². The molecule has 0 saturated heterocycles. The van der Waals surface area contributed by atoms with Crippen molar-refractivity contribution in [2.24, 2.45) is 0 Å². The van der Waals surface area contributed by atoms with Gasteiger partial charge in [0.25, 0.3) is 0 Å². The number of halogens is 1. The summed E-state index contributed by atoms with van der Waals surface area (Å²) >= 11 is 0. The Kier molecular flexibility index (Phi) is 8.79. The van der Waals surface area contributed by atoms with Crippen molar-refractivity contribution in [2.45, 2.75) is 39.3 Å². The van der Waals surface area contributed by atoms with Gasteiger partial charge in [0.15, 0.2) is 0 Å². The maximum Gasteiger partial charge on any atom is 0.227 e. The molecule has 2 heterocycles. The summed E-state index contributed by atoms with van der Waals surface area (Å²) in [4.78, 5) is 36.5. The van der Waals surface area contributed by atoms with Crippen LogP contribution in [0.15, 0.2) is 72.9 Å². The van der Waals surface area contributed by atoms with Crippen molar-refractivity contribution in [3.05, 3.63) is 95.6 Å². The van der Waals surface area contributed by atoms with Gasteiger partial charge in [-0.25, -0.2) is 4.39 Å². The van der Waals surface area contributed by atoms with Crippen LogP contribution in [0.3, 0.4) is 0 Å². The second-order valence-electron chi connectivity index (χ2n) is 9.22. The topological polar surface area (TPSA) is 56.8 Å². The van der Waals surface area contributed by atoms with E-state index >= 15 is 0 Å². The Morgan fingerprint density at radius 1 is 0.889 bits per heavy atom. The smallest absolute Gasteiger partial charge is 0.227 e. The van der Waals surface area contributed by atoms with Crippen LogP contribution in [0.1, 0.15) is 36.6 Å². The van der Waals surface area contributed by atoms with E-state index in [-0.39, 0.29) is 24.1 Å². The molecule has 0 unspecified atom stereocenters. The van der Waals surface area contributed by atoms with Crippen molar-refractivity contribution >= 4 is 17.5 Å². The molecule has 1 aromatic heterocycles. The molecule has 2 amide bonds. The minimum Gasteiger partial charge on any atom is -0.338 e. The van der Waals surface area contributed by atoms with Crippen LogP contribution in [0, 0.1) is 5.82 Å². The van der Waals surface area contributed by atoms with Gasteiger partial charge in [0.1, 0.15) is 5.82 Å². The first-order valence-corrected chi connectivity index (χ1v) is 12.5. The number of amides is 2. The fraction of sp³-hybridized carbons (Fsp3) is 0.345. The number of aromatic nitrogens is 1. The lowest BCUT2D eigenvalue weighted by Gasteiger charge is -2.31. The Balaban J connectivity index is 1.58. The van der Waals surface area contributed by atoms with Crippen LogP contribution in [-0.4, -0.2) is 52.8 Å². The molecule has 0 N–H and O–H groups in total. The van der Waals surface area contributed by atoms with Gasteiger partial charge in [0, 0.05) is 58.1 Å². The highest BCUT2D eigenvalue weighted by Gasteiger charge is 2.21. The van der Waals surface area contributed by atoms with E-state index in [9.17, 15) is 14.0 Å². The zero-order valence-corrected chi connectivity index (χ0v) is 20.8. The number of carbonyl (C=O) groups is 2. The summed E-state index contributed by atoms with van der Waals surface area (Å²) in [7, 11) is 0. The van der Waals surface area contributed by atoms with E-state index in [1.807, 2.05) is 52.3 Å². The van der Waals surface area contributed by atoms with Crippen molar-refractivity contribution in [1.29, 1.82) is 0 Å². The molecule has 1 aliphatic rings. The molecule has 4 rings (SSSR count). The molecule has 6 nitrogen and oxygen atoms in total. The average molecular weight is 489 g/mol. The summed E-state index contributed by atoms with van der Waals surface area (Å²) in [6, 6.07) is 19.8. The lowest BCUT2D eigenvalue weighted by Crippen LogP contribution is -2.38. The van der Waals surface area contributed by atoms with E-state index < -0.39 is 0 Å². The largest absolute Gasteiger partial charge is 0.338 e. The monoisotopic (exact) mass is 488 g/mol. The number of para-hydroxylation sites is 1. The molecular weight excluding hydrogens is 455 g/mol. The molecular formula is C29H33FN4O2. The first-order valence-electron chi connectivity index (χ1n) is 12.5. The number of carbonyl (C=O) groups excluding carboxylic acids is 2. The molecule has 2 aromatic carbocycles. The summed E-state index contributed by atoms with van der Waals surface area (Å²) in [6.07, 6.45) is 3.67. The van der Waals surface area contributed by atoms with Crippen LogP contribution in [0.25, 0.3) is 0 Å². The fourth-order valence-corrected chi connectivity index (χ4v) is 4.67. The minimum absolute atomic E-state index is 0.0139. The van der Waals surface area contributed by atoms with E-state index in [1.165, 1.54) is 12.1 Å². The minimum atomic E-state index is -0.316. The van der Waals surface area contributed by atoms with Gasteiger partial charge < -0.3 is 9.80 Å². The highest BCUT2D eigenvalue weighted by molar-refractivity contribution is 5.92. The molecule has 0 saturated carbocycles. The molecule has 0 radical (unpaired) electrons. The van der Waals surface area contributed by atoms with Crippen LogP contribution in [-0.2, 0) is 29.1 Å². The number of anilines is 1. The van der Waals surface area contributed by atoms with Gasteiger partial charge in [-0.05, 0) is 54.3 Å². The SMILES string of the molecule is CC(=O)N1CCCN(Cc2ccccn2)CCCN(C(=O)Cc2ccc(F)cc2)Cc2ccccc21. The van der Waals surface area contributed by atoms with Crippen LogP contribution in [0.5, 0.6) is 0 Å². The maximum absolute atomic E-state index is 13.4. The van der Waals surface area contributed by atoms with Gasteiger partial charge in [0.05, 0.1) is 12.1 Å². The Morgan fingerprint density at radius 3 is 2.33 bits per heavy atom. The zero-order valence-electron chi connectivity index (χ0n) is 20.8. The molecule has 36 heavy (non-hydrogen) atoms. The second-order valence-corrected chi connectivity index (χ2v) is 9.22. The number of hydrogen-bond donors (Lipinski definition) is 0. The molecule has 0 aliphatic carbocycles. The first-order chi connectivity index (χ1) is 17.5. The van der Waals surface area contributed by atoms with Gasteiger partial charge in [-0.15, -0.1) is 0 Å². The quantitative estimate of drug-likeness (QED) is 0.545. The zero-order chi connectivity index (χ0) is 25.3. The molecule has 1 aliphatic heterocycles. The molecule has 0 atom stereocenters. The number of pyridine rings is 1. The van der Waals surface area contributed by atoms with Crippen molar-refractivity contribution in [3.63, 3.8) is 0 Å². The van der Waals surface area contributed by atoms with Gasteiger partial charge in [-0.1, -0.05) is 36.4 Å². The van der Waals surface area contributed by atoms with Crippen LogP contribution < -0.4 is 4.90 Å². The molecule has 0 bridgehead atoms. The Labute approximate surface area is 212 Å². The third-order valence-electron chi connectivity index (χ3n) is 6.52. The van der Waals surface area contributed by atoms with Crippen molar-refractivity contribution in [2.75, 3.05) is 31.1 Å². The van der Waals surface area contributed by atoms with Crippen LogP contribution in [0.2, 0.25) is 0 Å². The highest BCUT2D eigenvalue weighted by atomic mass is 19.1. The molecule has 3 aromatic rings. The summed E-state index contributed by atoms with van der Waals surface area (Å²) in [6.45, 7) is 5.57. The lowest BCUT2D eigenvalue weighted by molar-refractivity contribution is -0.131.